The second-order valence-corrected chi connectivity index (χ2v) is 6.20. The summed E-state index contributed by atoms with van der Waals surface area (Å²) in [6.45, 7) is 2.76. The Balaban J connectivity index is 1.74. The Hall–Kier alpha value is -2.84. The zero-order chi connectivity index (χ0) is 19.1. The molecule has 0 unspecified atom stereocenters. The largest absolute Gasteiger partial charge is 0.459 e. The summed E-state index contributed by atoms with van der Waals surface area (Å²) in [5.74, 6) is -2.06. The molecule has 2 rings (SSSR count). The molecule has 4 amide bonds. The number of amides is 4. The molecule has 9 nitrogen and oxygen atoms in total. The second-order valence-electron chi connectivity index (χ2n) is 6.20. The third-order valence-corrected chi connectivity index (χ3v) is 4.04. The van der Waals surface area contributed by atoms with Crippen molar-refractivity contribution in [3.63, 3.8) is 0 Å². The van der Waals surface area contributed by atoms with Gasteiger partial charge in [0.05, 0.1) is 6.26 Å². The summed E-state index contributed by atoms with van der Waals surface area (Å²) in [4.78, 5) is 47.5. The SMILES string of the molecule is C[C@H](NC(=O)c1ccco1)C(=O)O[C@@H](C)C(=O)NC(=O)NC1CCCC1. The third-order valence-electron chi connectivity index (χ3n) is 4.04. The number of esters is 1. The lowest BCUT2D eigenvalue weighted by molar-refractivity contribution is -0.155. The molecule has 3 N–H and O–H groups in total. The van der Waals surface area contributed by atoms with Gasteiger partial charge in [-0.25, -0.2) is 9.59 Å². The quantitative estimate of drug-likeness (QED) is 0.648. The van der Waals surface area contributed by atoms with E-state index in [1.165, 1.54) is 26.2 Å². The topological polar surface area (TPSA) is 127 Å². The van der Waals surface area contributed by atoms with E-state index in [1.54, 1.807) is 6.07 Å². The second kappa shape index (κ2) is 9.02. The molecule has 1 saturated carbocycles. The number of furan rings is 1. The Kier molecular flexibility index (Phi) is 6.76. The highest BCUT2D eigenvalue weighted by Gasteiger charge is 2.26. The number of hydrogen-bond acceptors (Lipinski definition) is 6. The van der Waals surface area contributed by atoms with Gasteiger partial charge in [-0.1, -0.05) is 12.8 Å². The van der Waals surface area contributed by atoms with E-state index >= 15 is 0 Å². The number of nitrogens with one attached hydrogen (secondary N) is 3. The first-order valence-corrected chi connectivity index (χ1v) is 8.53. The van der Waals surface area contributed by atoms with Gasteiger partial charge in [0.25, 0.3) is 11.8 Å². The van der Waals surface area contributed by atoms with E-state index in [-0.39, 0.29) is 11.8 Å². The van der Waals surface area contributed by atoms with Crippen molar-refractivity contribution in [2.24, 2.45) is 0 Å². The van der Waals surface area contributed by atoms with Crippen LogP contribution in [0.4, 0.5) is 4.79 Å². The highest BCUT2D eigenvalue weighted by atomic mass is 16.5. The van der Waals surface area contributed by atoms with E-state index < -0.39 is 36.0 Å². The summed E-state index contributed by atoms with van der Waals surface area (Å²) in [5, 5.41) is 7.25. The molecule has 9 heteroatoms. The van der Waals surface area contributed by atoms with Crippen molar-refractivity contribution < 1.29 is 28.3 Å². The van der Waals surface area contributed by atoms with E-state index in [4.69, 9.17) is 9.15 Å². The Morgan fingerprint density at radius 1 is 1.19 bits per heavy atom. The number of imide groups is 1. The molecular weight excluding hydrogens is 342 g/mol. The van der Waals surface area contributed by atoms with Crippen LogP contribution in [0.15, 0.2) is 22.8 Å². The average molecular weight is 365 g/mol. The summed E-state index contributed by atoms with van der Waals surface area (Å²) in [7, 11) is 0. The van der Waals surface area contributed by atoms with Crippen molar-refractivity contribution in [2.75, 3.05) is 0 Å². The van der Waals surface area contributed by atoms with Crippen molar-refractivity contribution in [1.29, 1.82) is 0 Å². The molecular formula is C17H23N3O6. The zero-order valence-corrected chi connectivity index (χ0v) is 14.7. The van der Waals surface area contributed by atoms with E-state index in [0.717, 1.165) is 25.7 Å². The van der Waals surface area contributed by atoms with Gasteiger partial charge in [-0.15, -0.1) is 0 Å². The van der Waals surface area contributed by atoms with Crippen LogP contribution in [0.2, 0.25) is 0 Å². The Bertz CT molecular complexity index is 651. The van der Waals surface area contributed by atoms with E-state index in [9.17, 15) is 19.2 Å². The van der Waals surface area contributed by atoms with Crippen LogP contribution in [0.3, 0.4) is 0 Å². The van der Waals surface area contributed by atoms with Crippen LogP contribution >= 0.6 is 0 Å². The third kappa shape index (κ3) is 5.61. The monoisotopic (exact) mass is 365 g/mol. The number of urea groups is 1. The minimum absolute atomic E-state index is 0.0547. The van der Waals surface area contributed by atoms with Gasteiger partial charge in [0.1, 0.15) is 6.04 Å². The minimum atomic E-state index is -1.18. The Labute approximate surface area is 150 Å². The van der Waals surface area contributed by atoms with Gasteiger partial charge in [-0.2, -0.15) is 0 Å². The summed E-state index contributed by atoms with van der Waals surface area (Å²) < 4.78 is 9.91. The molecule has 0 radical (unpaired) electrons. The molecule has 0 spiro atoms. The van der Waals surface area contributed by atoms with Crippen molar-refractivity contribution >= 4 is 23.8 Å². The van der Waals surface area contributed by atoms with Gasteiger partial charge in [-0.3, -0.25) is 14.9 Å². The molecule has 1 fully saturated rings. The van der Waals surface area contributed by atoms with Crippen LogP contribution in [0.25, 0.3) is 0 Å². The molecule has 142 valence electrons. The number of carbonyl (C=O) groups excluding carboxylic acids is 4. The first-order chi connectivity index (χ1) is 12.4. The molecule has 0 aliphatic heterocycles. The molecule has 1 heterocycles. The summed E-state index contributed by atoms with van der Waals surface area (Å²) in [6, 6.07) is 1.46. The maximum absolute atomic E-state index is 12.0. The lowest BCUT2D eigenvalue weighted by Gasteiger charge is -2.18. The smallest absolute Gasteiger partial charge is 0.329 e. The van der Waals surface area contributed by atoms with Gasteiger partial charge in [0.15, 0.2) is 11.9 Å². The van der Waals surface area contributed by atoms with E-state index in [0.29, 0.717) is 0 Å². The van der Waals surface area contributed by atoms with Crippen LogP contribution in [0, 0.1) is 0 Å². The molecule has 0 aromatic carbocycles. The fourth-order valence-corrected chi connectivity index (χ4v) is 2.57. The summed E-state index contributed by atoms with van der Waals surface area (Å²) in [5.41, 5.74) is 0. The van der Waals surface area contributed by atoms with Crippen LogP contribution in [0.1, 0.15) is 50.1 Å². The average Bonchev–Trinajstić information content (AvgIpc) is 3.27. The lowest BCUT2D eigenvalue weighted by Crippen LogP contribution is -2.48. The highest BCUT2D eigenvalue weighted by Crippen LogP contribution is 2.17. The molecule has 0 saturated heterocycles. The lowest BCUT2D eigenvalue weighted by atomic mass is 10.2. The van der Waals surface area contributed by atoms with Crippen LogP contribution in [-0.4, -0.2) is 42.0 Å². The van der Waals surface area contributed by atoms with Gasteiger partial charge < -0.3 is 19.8 Å². The first-order valence-electron chi connectivity index (χ1n) is 8.53. The molecule has 1 aliphatic carbocycles. The zero-order valence-electron chi connectivity index (χ0n) is 14.7. The number of carbonyl (C=O) groups is 4. The fourth-order valence-electron chi connectivity index (χ4n) is 2.57. The van der Waals surface area contributed by atoms with Gasteiger partial charge in [0, 0.05) is 6.04 Å². The Morgan fingerprint density at radius 2 is 1.88 bits per heavy atom. The van der Waals surface area contributed by atoms with Gasteiger partial charge in [0.2, 0.25) is 0 Å². The predicted octanol–water partition coefficient (Wildman–Crippen LogP) is 1.10. The maximum Gasteiger partial charge on any atom is 0.329 e. The minimum Gasteiger partial charge on any atom is -0.459 e. The van der Waals surface area contributed by atoms with Crippen LogP contribution in [0.5, 0.6) is 0 Å². The Morgan fingerprint density at radius 3 is 2.50 bits per heavy atom. The number of ether oxygens (including phenoxy) is 1. The number of rotatable bonds is 6. The molecule has 1 aromatic heterocycles. The van der Waals surface area contributed by atoms with E-state index in [2.05, 4.69) is 16.0 Å². The van der Waals surface area contributed by atoms with Crippen molar-refractivity contribution in [1.82, 2.24) is 16.0 Å². The molecule has 2 atom stereocenters. The highest BCUT2D eigenvalue weighted by molar-refractivity contribution is 5.98. The predicted molar refractivity (Wildman–Crippen MR) is 90.1 cm³/mol. The van der Waals surface area contributed by atoms with E-state index in [1.807, 2.05) is 0 Å². The summed E-state index contributed by atoms with van der Waals surface area (Å²) in [6.07, 6.45) is 4.03. The van der Waals surface area contributed by atoms with Crippen molar-refractivity contribution in [2.45, 2.75) is 57.7 Å². The standard InChI is InChI=1S/C17H23N3O6/c1-10(18-15(22)13-8-5-9-25-13)16(23)26-11(2)14(21)20-17(24)19-12-6-3-4-7-12/h5,8-12H,3-4,6-7H2,1-2H3,(H,18,22)(H2,19,20,21,24)/t10-,11-/m0/s1. The maximum atomic E-state index is 12.0. The number of hydrogen-bond donors (Lipinski definition) is 3. The first kappa shape index (κ1) is 19.5. The normalized spacial score (nSPS) is 16.4. The van der Waals surface area contributed by atoms with Crippen molar-refractivity contribution in [3.05, 3.63) is 24.2 Å². The molecule has 1 aromatic rings. The van der Waals surface area contributed by atoms with Gasteiger partial charge in [-0.05, 0) is 38.8 Å². The van der Waals surface area contributed by atoms with Crippen molar-refractivity contribution in [3.8, 4) is 0 Å². The molecule has 1 aliphatic rings. The van der Waals surface area contributed by atoms with Crippen LogP contribution < -0.4 is 16.0 Å². The fraction of sp³-hybridized carbons (Fsp3) is 0.529. The molecule has 0 bridgehead atoms. The van der Waals surface area contributed by atoms with Gasteiger partial charge >= 0.3 is 12.0 Å². The molecule has 26 heavy (non-hydrogen) atoms. The van der Waals surface area contributed by atoms with Crippen LogP contribution in [-0.2, 0) is 14.3 Å². The summed E-state index contributed by atoms with van der Waals surface area (Å²) >= 11 is 0.